The Kier molecular flexibility index (Phi) is 6.36. The monoisotopic (exact) mass is 306 g/mol. The average molecular weight is 307 g/mol. The summed E-state index contributed by atoms with van der Waals surface area (Å²) in [7, 11) is 0. The predicted molar refractivity (Wildman–Crippen MR) is 64.3 cm³/mol. The van der Waals surface area contributed by atoms with Crippen molar-refractivity contribution < 1.29 is 17.6 Å². The Morgan fingerprint density at radius 1 is 1.28 bits per heavy atom. The van der Waals surface area contributed by atoms with Gasteiger partial charge >= 0.3 is 6.18 Å². The largest absolute Gasteiger partial charge is 0.416 e. The van der Waals surface area contributed by atoms with Gasteiger partial charge in [0, 0.05) is 11.6 Å². The Morgan fingerprint density at radius 2 is 1.83 bits per heavy atom. The van der Waals surface area contributed by atoms with Crippen molar-refractivity contribution in [3.63, 3.8) is 0 Å². The molecule has 1 aromatic rings. The molecule has 0 radical (unpaired) electrons. The third-order valence-corrected chi connectivity index (χ3v) is 2.58. The Morgan fingerprint density at radius 3 is 2.28 bits per heavy atom. The maximum absolute atomic E-state index is 13.6. The maximum atomic E-state index is 13.6. The fourth-order valence-electron chi connectivity index (χ4n) is 1.50. The van der Waals surface area contributed by atoms with E-state index in [1.54, 1.807) is 0 Å². The summed E-state index contributed by atoms with van der Waals surface area (Å²) in [4.78, 5) is 0. The summed E-state index contributed by atoms with van der Waals surface area (Å²) < 4.78 is 51.6. The lowest BCUT2D eigenvalue weighted by Crippen LogP contribution is -2.22. The molecule has 0 unspecified atom stereocenters. The molecule has 4 N–H and O–H groups in total. The standard InChI is InChI=1S/C10H11ClF4N2.ClH/c11-6-2-1-5(10(13,14)15)8(9(6)12)7(17)3-4-16;/h1-2,7H,3-4,16-17H2;1H/t7-;/m0./s1. The van der Waals surface area contributed by atoms with Crippen LogP contribution in [0.5, 0.6) is 0 Å². The number of rotatable bonds is 3. The molecule has 0 amide bonds. The van der Waals surface area contributed by atoms with Crippen molar-refractivity contribution in [2.75, 3.05) is 6.54 Å². The second-order valence-electron chi connectivity index (χ2n) is 3.50. The minimum Gasteiger partial charge on any atom is -0.330 e. The molecule has 0 aliphatic heterocycles. The van der Waals surface area contributed by atoms with Gasteiger partial charge in [-0.2, -0.15) is 13.2 Å². The average Bonchev–Trinajstić information content (AvgIpc) is 2.20. The quantitative estimate of drug-likeness (QED) is 0.842. The minimum atomic E-state index is -4.67. The molecule has 1 aromatic carbocycles. The summed E-state index contributed by atoms with van der Waals surface area (Å²) in [6.07, 6.45) is -4.63. The van der Waals surface area contributed by atoms with E-state index in [2.05, 4.69) is 0 Å². The summed E-state index contributed by atoms with van der Waals surface area (Å²) >= 11 is 5.45. The first-order chi connectivity index (χ1) is 7.79. The lowest BCUT2D eigenvalue weighted by molar-refractivity contribution is -0.138. The van der Waals surface area contributed by atoms with Crippen LogP contribution in [0.2, 0.25) is 5.02 Å². The molecule has 0 saturated carbocycles. The molecule has 1 rings (SSSR count). The van der Waals surface area contributed by atoms with Gasteiger partial charge in [-0.1, -0.05) is 11.6 Å². The van der Waals surface area contributed by atoms with Gasteiger partial charge in [-0.25, -0.2) is 4.39 Å². The van der Waals surface area contributed by atoms with Gasteiger partial charge in [0.25, 0.3) is 0 Å². The van der Waals surface area contributed by atoms with Crippen molar-refractivity contribution >= 4 is 24.0 Å². The minimum absolute atomic E-state index is 0. The molecule has 0 spiro atoms. The van der Waals surface area contributed by atoms with E-state index < -0.39 is 29.2 Å². The molecule has 1 atom stereocenters. The number of hydrogen-bond donors (Lipinski definition) is 2. The number of nitrogens with two attached hydrogens (primary N) is 2. The SMILES string of the molecule is Cl.NCC[C@H](N)c1c(C(F)(F)F)ccc(Cl)c1F. The van der Waals surface area contributed by atoms with Crippen LogP contribution < -0.4 is 11.5 Å². The van der Waals surface area contributed by atoms with Crippen molar-refractivity contribution in [2.24, 2.45) is 11.5 Å². The molecule has 0 aromatic heterocycles. The molecular weight excluding hydrogens is 295 g/mol. The second-order valence-corrected chi connectivity index (χ2v) is 3.91. The van der Waals surface area contributed by atoms with Crippen LogP contribution in [0, 0.1) is 5.82 Å². The van der Waals surface area contributed by atoms with Crippen LogP contribution in [0.25, 0.3) is 0 Å². The predicted octanol–water partition coefficient (Wildman–Crippen LogP) is 3.27. The molecule has 104 valence electrons. The molecule has 0 heterocycles. The number of halogens is 6. The van der Waals surface area contributed by atoms with Crippen molar-refractivity contribution in [1.82, 2.24) is 0 Å². The zero-order chi connectivity index (χ0) is 13.2. The van der Waals surface area contributed by atoms with Gasteiger partial charge in [-0.15, -0.1) is 12.4 Å². The Hall–Kier alpha value is -0.560. The van der Waals surface area contributed by atoms with Crippen molar-refractivity contribution in [2.45, 2.75) is 18.6 Å². The molecule has 0 bridgehead atoms. The van der Waals surface area contributed by atoms with Crippen LogP contribution in [0.3, 0.4) is 0 Å². The first-order valence-electron chi connectivity index (χ1n) is 4.79. The summed E-state index contributed by atoms with van der Waals surface area (Å²) in [6, 6.07) is 0.450. The van der Waals surface area contributed by atoms with Gasteiger partial charge in [0.2, 0.25) is 0 Å². The summed E-state index contributed by atoms with van der Waals surface area (Å²) in [6.45, 7) is 0.0599. The highest BCUT2D eigenvalue weighted by Gasteiger charge is 2.36. The molecule has 0 saturated heterocycles. The van der Waals surface area contributed by atoms with Crippen LogP contribution in [0.4, 0.5) is 17.6 Å². The van der Waals surface area contributed by atoms with Gasteiger partial charge in [-0.3, -0.25) is 0 Å². The molecule has 0 fully saturated rings. The highest BCUT2D eigenvalue weighted by Crippen LogP contribution is 2.38. The number of hydrogen-bond acceptors (Lipinski definition) is 2. The number of alkyl halides is 3. The van der Waals surface area contributed by atoms with Gasteiger partial charge in [-0.05, 0) is 25.1 Å². The highest BCUT2D eigenvalue weighted by molar-refractivity contribution is 6.30. The van der Waals surface area contributed by atoms with E-state index in [4.69, 9.17) is 23.1 Å². The second kappa shape index (κ2) is 6.56. The summed E-state index contributed by atoms with van der Waals surface area (Å²) in [5.74, 6) is -1.14. The van der Waals surface area contributed by atoms with E-state index in [-0.39, 0.29) is 30.4 Å². The third kappa shape index (κ3) is 3.71. The molecule has 18 heavy (non-hydrogen) atoms. The van der Waals surface area contributed by atoms with E-state index in [1.165, 1.54) is 0 Å². The molecule has 2 nitrogen and oxygen atoms in total. The zero-order valence-electron chi connectivity index (χ0n) is 9.10. The zero-order valence-corrected chi connectivity index (χ0v) is 10.7. The van der Waals surface area contributed by atoms with Crippen molar-refractivity contribution in [3.05, 3.63) is 34.1 Å². The molecule has 8 heteroatoms. The lowest BCUT2D eigenvalue weighted by atomic mass is 9.97. The Balaban J connectivity index is 0.00000289. The highest BCUT2D eigenvalue weighted by atomic mass is 35.5. The first-order valence-corrected chi connectivity index (χ1v) is 5.17. The smallest absolute Gasteiger partial charge is 0.330 e. The van der Waals surface area contributed by atoms with Gasteiger partial charge in [0.15, 0.2) is 0 Å². The fourth-order valence-corrected chi connectivity index (χ4v) is 1.66. The van der Waals surface area contributed by atoms with E-state index in [1.807, 2.05) is 0 Å². The fraction of sp³-hybridized carbons (Fsp3) is 0.400. The Labute approximate surface area is 113 Å². The van der Waals surface area contributed by atoms with E-state index >= 15 is 0 Å². The summed E-state index contributed by atoms with van der Waals surface area (Å²) in [5.41, 5.74) is 8.95. The van der Waals surface area contributed by atoms with Gasteiger partial charge < -0.3 is 11.5 Å². The molecule has 0 aliphatic carbocycles. The summed E-state index contributed by atoms with van der Waals surface area (Å²) in [5, 5.41) is -0.388. The van der Waals surface area contributed by atoms with Crippen LogP contribution in [-0.4, -0.2) is 6.54 Å². The molecule has 0 aliphatic rings. The third-order valence-electron chi connectivity index (χ3n) is 2.29. The van der Waals surface area contributed by atoms with Crippen LogP contribution >= 0.6 is 24.0 Å². The topological polar surface area (TPSA) is 52.0 Å². The van der Waals surface area contributed by atoms with E-state index in [0.29, 0.717) is 0 Å². The van der Waals surface area contributed by atoms with Crippen LogP contribution in [-0.2, 0) is 6.18 Å². The van der Waals surface area contributed by atoms with Crippen LogP contribution in [0.1, 0.15) is 23.6 Å². The van der Waals surface area contributed by atoms with Crippen molar-refractivity contribution in [1.29, 1.82) is 0 Å². The van der Waals surface area contributed by atoms with E-state index in [0.717, 1.165) is 12.1 Å². The maximum Gasteiger partial charge on any atom is 0.416 e. The van der Waals surface area contributed by atoms with Gasteiger partial charge in [0.05, 0.1) is 10.6 Å². The van der Waals surface area contributed by atoms with Gasteiger partial charge in [0.1, 0.15) is 5.82 Å². The van der Waals surface area contributed by atoms with Crippen LogP contribution in [0.15, 0.2) is 12.1 Å². The lowest BCUT2D eigenvalue weighted by Gasteiger charge is -2.19. The Bertz CT molecular complexity index is 410. The number of benzene rings is 1. The molecular formula is C10H12Cl2F4N2. The van der Waals surface area contributed by atoms with Crippen molar-refractivity contribution in [3.8, 4) is 0 Å². The normalized spacial score (nSPS) is 13.1. The first kappa shape index (κ1) is 17.4. The van der Waals surface area contributed by atoms with E-state index in [9.17, 15) is 17.6 Å².